The molecule has 0 aliphatic heterocycles. The van der Waals surface area contributed by atoms with E-state index < -0.39 is 6.04 Å². The molecule has 0 saturated heterocycles. The van der Waals surface area contributed by atoms with Crippen molar-refractivity contribution in [2.24, 2.45) is 0 Å². The Balaban J connectivity index is 1.53. The first-order chi connectivity index (χ1) is 15.5. The van der Waals surface area contributed by atoms with Gasteiger partial charge in [-0.1, -0.05) is 47.7 Å². The van der Waals surface area contributed by atoms with Crippen LogP contribution >= 0.6 is 22.7 Å². The molecule has 0 bridgehead atoms. The smallest absolute Gasteiger partial charge is 0.262 e. The second-order valence-corrected chi connectivity index (χ2v) is 9.04. The number of thiophene rings is 1. The first-order valence-electron chi connectivity index (χ1n) is 9.85. The lowest BCUT2D eigenvalue weighted by atomic mass is 10.0. The highest BCUT2D eigenvalue weighted by Crippen LogP contribution is 2.28. The normalized spacial score (nSPS) is 11.7. The molecule has 4 rings (SSSR count). The van der Waals surface area contributed by atoms with Crippen molar-refractivity contribution in [3.63, 3.8) is 0 Å². The molecule has 7 nitrogen and oxygen atoms in total. The van der Waals surface area contributed by atoms with Crippen LogP contribution in [0.15, 0.2) is 66.0 Å². The van der Waals surface area contributed by atoms with Crippen molar-refractivity contribution < 1.29 is 14.4 Å². The number of hydrogen-bond acceptors (Lipinski definition) is 6. The molecule has 2 aromatic carbocycles. The van der Waals surface area contributed by atoms with Crippen molar-refractivity contribution >= 4 is 61.4 Å². The number of aromatic nitrogens is 1. The monoisotopic (exact) mass is 464 g/mol. The van der Waals surface area contributed by atoms with Crippen LogP contribution in [0.2, 0.25) is 0 Å². The molecule has 2 aromatic heterocycles. The summed E-state index contributed by atoms with van der Waals surface area (Å²) in [5.74, 6) is -0.790. The van der Waals surface area contributed by atoms with Crippen LogP contribution in [-0.2, 0) is 16.0 Å². The molecule has 162 valence electrons. The van der Waals surface area contributed by atoms with Crippen molar-refractivity contribution in [3.8, 4) is 0 Å². The Bertz CT molecular complexity index is 1250. The van der Waals surface area contributed by atoms with Crippen molar-refractivity contribution in [1.29, 1.82) is 0 Å². The quantitative estimate of drug-likeness (QED) is 0.380. The van der Waals surface area contributed by atoms with Gasteiger partial charge in [-0.3, -0.25) is 14.4 Å². The number of nitrogens with one attached hydrogen (secondary N) is 3. The molecule has 3 amide bonds. The number of fused-ring (bicyclic) bond motifs is 1. The summed E-state index contributed by atoms with van der Waals surface area (Å²) in [5, 5.41) is 10.7. The van der Waals surface area contributed by atoms with Gasteiger partial charge in [-0.25, -0.2) is 4.98 Å². The van der Waals surface area contributed by atoms with Gasteiger partial charge in [0, 0.05) is 19.0 Å². The van der Waals surface area contributed by atoms with E-state index in [9.17, 15) is 14.4 Å². The summed E-state index contributed by atoms with van der Waals surface area (Å²) in [4.78, 5) is 41.9. The van der Waals surface area contributed by atoms with Gasteiger partial charge in [-0.05, 0) is 35.2 Å². The van der Waals surface area contributed by atoms with Gasteiger partial charge < -0.3 is 16.0 Å². The van der Waals surface area contributed by atoms with Crippen LogP contribution in [-0.4, -0.2) is 28.7 Å². The largest absolute Gasteiger partial charge is 0.339 e. The second-order valence-electron chi connectivity index (χ2n) is 7.07. The van der Waals surface area contributed by atoms with Gasteiger partial charge in [0.1, 0.15) is 6.04 Å². The number of thiazole rings is 1. The van der Waals surface area contributed by atoms with Gasteiger partial charge in [0.2, 0.25) is 11.8 Å². The predicted molar refractivity (Wildman–Crippen MR) is 128 cm³/mol. The van der Waals surface area contributed by atoms with E-state index >= 15 is 0 Å². The van der Waals surface area contributed by atoms with Crippen molar-refractivity contribution in [1.82, 2.24) is 10.3 Å². The molecule has 0 aliphatic carbocycles. The fourth-order valence-corrected chi connectivity index (χ4v) is 4.71. The Kier molecular flexibility index (Phi) is 6.58. The summed E-state index contributed by atoms with van der Waals surface area (Å²) in [7, 11) is 0. The van der Waals surface area contributed by atoms with Crippen LogP contribution in [0.3, 0.4) is 0 Å². The summed E-state index contributed by atoms with van der Waals surface area (Å²) in [6, 6.07) is 17.6. The van der Waals surface area contributed by atoms with E-state index in [1.807, 2.05) is 35.7 Å². The summed E-state index contributed by atoms with van der Waals surface area (Å²) < 4.78 is 0.828. The average Bonchev–Trinajstić information content (AvgIpc) is 3.43. The Morgan fingerprint density at radius 1 is 1.00 bits per heavy atom. The molecular formula is C23H20N4O3S2. The molecule has 4 aromatic rings. The van der Waals surface area contributed by atoms with Gasteiger partial charge in [-0.15, -0.1) is 11.3 Å². The minimum atomic E-state index is -0.751. The van der Waals surface area contributed by atoms with Crippen LogP contribution < -0.4 is 16.0 Å². The van der Waals surface area contributed by atoms with Gasteiger partial charge >= 0.3 is 0 Å². The number of nitrogens with zero attached hydrogens (tertiary/aromatic N) is 1. The van der Waals surface area contributed by atoms with E-state index in [2.05, 4.69) is 20.9 Å². The van der Waals surface area contributed by atoms with Gasteiger partial charge in [0.25, 0.3) is 5.91 Å². The van der Waals surface area contributed by atoms with Crippen molar-refractivity contribution in [2.75, 3.05) is 10.6 Å². The molecule has 1 unspecified atom stereocenters. The van der Waals surface area contributed by atoms with Crippen molar-refractivity contribution in [3.05, 3.63) is 76.5 Å². The Morgan fingerprint density at radius 3 is 2.53 bits per heavy atom. The summed E-state index contributed by atoms with van der Waals surface area (Å²) in [5.41, 5.74) is 2.25. The van der Waals surface area contributed by atoms with Gasteiger partial charge in [-0.2, -0.15) is 0 Å². The maximum atomic E-state index is 13.1. The van der Waals surface area contributed by atoms with Crippen LogP contribution in [0.4, 0.5) is 10.8 Å². The van der Waals surface area contributed by atoms with E-state index in [0.29, 0.717) is 22.1 Å². The van der Waals surface area contributed by atoms with Gasteiger partial charge in [0.05, 0.1) is 15.1 Å². The Hall–Kier alpha value is -3.56. The zero-order chi connectivity index (χ0) is 22.5. The van der Waals surface area contributed by atoms with E-state index in [-0.39, 0.29) is 17.7 Å². The molecule has 0 saturated carbocycles. The van der Waals surface area contributed by atoms with E-state index in [0.717, 1.165) is 15.8 Å². The molecular weight excluding hydrogens is 444 g/mol. The molecule has 1 atom stereocenters. The van der Waals surface area contributed by atoms with E-state index in [1.54, 1.807) is 30.3 Å². The first kappa shape index (κ1) is 21.7. The molecule has 9 heteroatoms. The number of amides is 3. The maximum Gasteiger partial charge on any atom is 0.262 e. The highest BCUT2D eigenvalue weighted by molar-refractivity contribution is 7.22. The van der Waals surface area contributed by atoms with Gasteiger partial charge in [0.15, 0.2) is 5.13 Å². The number of carbonyl (C=O) groups excluding carboxylic acids is 3. The van der Waals surface area contributed by atoms with Crippen LogP contribution in [0.1, 0.15) is 22.2 Å². The fourth-order valence-electron chi connectivity index (χ4n) is 3.13. The van der Waals surface area contributed by atoms with Crippen molar-refractivity contribution in [2.45, 2.75) is 19.4 Å². The first-order valence-corrected chi connectivity index (χ1v) is 11.5. The lowest BCUT2D eigenvalue weighted by Crippen LogP contribution is -2.45. The third kappa shape index (κ3) is 5.37. The third-order valence-electron chi connectivity index (χ3n) is 4.59. The number of carbonyl (C=O) groups is 3. The summed E-state index contributed by atoms with van der Waals surface area (Å²) in [6.45, 7) is 1.43. The number of hydrogen-bond donors (Lipinski definition) is 3. The molecule has 0 radical (unpaired) electrons. The molecule has 0 fully saturated rings. The SMILES string of the molecule is CC(=O)Nc1nc2ccc(NC(=O)C(Cc3ccccc3)NC(=O)c3cccs3)cc2s1. The van der Waals surface area contributed by atoms with Crippen LogP contribution in [0.25, 0.3) is 10.2 Å². The molecule has 3 N–H and O–H groups in total. The minimum absolute atomic E-state index is 0.192. The lowest BCUT2D eigenvalue weighted by molar-refractivity contribution is -0.118. The zero-order valence-corrected chi connectivity index (χ0v) is 18.8. The summed E-state index contributed by atoms with van der Waals surface area (Å²) in [6.07, 6.45) is 0.360. The van der Waals surface area contributed by atoms with Crippen LogP contribution in [0.5, 0.6) is 0 Å². The molecule has 2 heterocycles. The molecule has 0 spiro atoms. The Morgan fingerprint density at radius 2 is 1.81 bits per heavy atom. The zero-order valence-electron chi connectivity index (χ0n) is 17.1. The minimum Gasteiger partial charge on any atom is -0.339 e. The number of benzene rings is 2. The third-order valence-corrected chi connectivity index (χ3v) is 6.39. The molecule has 0 aliphatic rings. The molecule has 32 heavy (non-hydrogen) atoms. The van der Waals surface area contributed by atoms with E-state index in [1.165, 1.54) is 29.6 Å². The average molecular weight is 465 g/mol. The highest BCUT2D eigenvalue weighted by atomic mass is 32.1. The standard InChI is InChI=1S/C23H20N4O3S2/c1-14(28)24-23-27-17-10-9-16(13-20(17)32-23)25-21(29)18(12-15-6-3-2-4-7-15)26-22(30)19-8-5-11-31-19/h2-11,13,18H,12H2,1H3,(H,25,29)(H,26,30)(H,24,27,28). The topological polar surface area (TPSA) is 100 Å². The summed E-state index contributed by atoms with van der Waals surface area (Å²) >= 11 is 2.65. The van der Waals surface area contributed by atoms with Crippen LogP contribution in [0, 0.1) is 0 Å². The lowest BCUT2D eigenvalue weighted by Gasteiger charge is -2.18. The number of anilines is 2. The fraction of sp³-hybridized carbons (Fsp3) is 0.130. The number of rotatable bonds is 7. The van der Waals surface area contributed by atoms with E-state index in [4.69, 9.17) is 0 Å². The highest BCUT2D eigenvalue weighted by Gasteiger charge is 2.23. The second kappa shape index (κ2) is 9.71. The predicted octanol–water partition coefficient (Wildman–Crippen LogP) is 4.30. The Labute approximate surface area is 192 Å². The maximum absolute atomic E-state index is 13.1.